The standard InChI is InChI=1S/C24H31N3O6S/c1-18(27(34(2,29)30)21-7-8-22-23(15-21)33-14-13-32-22)24(28)25-16-19-3-5-20(6-4-19)17-26-9-11-31-12-10-26/h3-8,15,18H,9-14,16-17H2,1-2H3,(H,25,28). The second-order valence-electron chi connectivity index (χ2n) is 8.49. The lowest BCUT2D eigenvalue weighted by Gasteiger charge is -2.29. The fraction of sp³-hybridized carbons (Fsp3) is 0.458. The zero-order valence-electron chi connectivity index (χ0n) is 19.5. The third-order valence-electron chi connectivity index (χ3n) is 5.87. The lowest BCUT2D eigenvalue weighted by molar-refractivity contribution is -0.122. The van der Waals surface area contributed by atoms with Gasteiger partial charge >= 0.3 is 0 Å². The SMILES string of the molecule is CC(C(=O)NCc1ccc(CN2CCOCC2)cc1)N(c1ccc2c(c1)OCCO2)S(C)(=O)=O. The summed E-state index contributed by atoms with van der Waals surface area (Å²) in [5.74, 6) is 0.623. The molecule has 1 saturated heterocycles. The molecular weight excluding hydrogens is 458 g/mol. The molecule has 2 heterocycles. The van der Waals surface area contributed by atoms with Crippen molar-refractivity contribution in [2.75, 3.05) is 50.1 Å². The zero-order valence-corrected chi connectivity index (χ0v) is 20.3. The smallest absolute Gasteiger partial charge is 0.243 e. The van der Waals surface area contributed by atoms with Crippen LogP contribution in [0.4, 0.5) is 5.69 Å². The van der Waals surface area contributed by atoms with Crippen molar-refractivity contribution in [3.05, 3.63) is 53.6 Å². The molecule has 1 N–H and O–H groups in total. The van der Waals surface area contributed by atoms with Gasteiger partial charge < -0.3 is 19.5 Å². The second kappa shape index (κ2) is 10.6. The highest BCUT2D eigenvalue weighted by Crippen LogP contribution is 2.35. The molecule has 10 heteroatoms. The lowest BCUT2D eigenvalue weighted by Crippen LogP contribution is -2.47. The molecule has 1 unspecified atom stereocenters. The minimum atomic E-state index is -3.73. The van der Waals surface area contributed by atoms with Crippen LogP contribution in [0, 0.1) is 0 Å². The van der Waals surface area contributed by atoms with E-state index in [1.54, 1.807) is 25.1 Å². The minimum Gasteiger partial charge on any atom is -0.486 e. The molecule has 0 spiro atoms. The molecule has 1 amide bonds. The quantitative estimate of drug-likeness (QED) is 0.604. The van der Waals surface area contributed by atoms with Gasteiger partial charge in [-0.3, -0.25) is 14.0 Å². The van der Waals surface area contributed by atoms with Crippen LogP contribution in [0.3, 0.4) is 0 Å². The number of carbonyl (C=O) groups excluding carboxylic acids is 1. The summed E-state index contributed by atoms with van der Waals surface area (Å²) in [6.45, 7) is 6.94. The Hall–Kier alpha value is -2.82. The first kappa shape index (κ1) is 24.3. The molecule has 0 saturated carbocycles. The van der Waals surface area contributed by atoms with Crippen molar-refractivity contribution in [1.82, 2.24) is 10.2 Å². The molecule has 34 heavy (non-hydrogen) atoms. The van der Waals surface area contributed by atoms with Crippen LogP contribution in [-0.4, -0.2) is 71.0 Å². The van der Waals surface area contributed by atoms with Gasteiger partial charge in [0, 0.05) is 32.2 Å². The first-order chi connectivity index (χ1) is 16.3. The van der Waals surface area contributed by atoms with Crippen molar-refractivity contribution in [2.24, 2.45) is 0 Å². The number of ether oxygens (including phenoxy) is 3. The molecule has 4 rings (SSSR count). The number of rotatable bonds is 8. The van der Waals surface area contributed by atoms with Crippen molar-refractivity contribution in [3.63, 3.8) is 0 Å². The monoisotopic (exact) mass is 489 g/mol. The number of benzene rings is 2. The molecule has 2 aliphatic rings. The number of morpholine rings is 1. The Bertz CT molecular complexity index is 1100. The third kappa shape index (κ3) is 5.99. The molecule has 184 valence electrons. The number of nitrogens with zero attached hydrogens (tertiary/aromatic N) is 2. The Labute approximate surface area is 200 Å². The summed E-state index contributed by atoms with van der Waals surface area (Å²) >= 11 is 0. The lowest BCUT2D eigenvalue weighted by atomic mass is 10.1. The van der Waals surface area contributed by atoms with Crippen LogP contribution in [0.15, 0.2) is 42.5 Å². The van der Waals surface area contributed by atoms with Gasteiger partial charge in [-0.2, -0.15) is 0 Å². The Kier molecular flexibility index (Phi) is 7.60. The fourth-order valence-corrected chi connectivity index (χ4v) is 5.26. The molecular formula is C24H31N3O6S. The summed E-state index contributed by atoms with van der Waals surface area (Å²) in [6, 6.07) is 12.0. The molecule has 0 aliphatic carbocycles. The van der Waals surface area contributed by atoms with E-state index in [4.69, 9.17) is 14.2 Å². The van der Waals surface area contributed by atoms with Crippen LogP contribution in [0.1, 0.15) is 18.1 Å². The maximum absolute atomic E-state index is 12.9. The van der Waals surface area contributed by atoms with Gasteiger partial charge in [0.15, 0.2) is 11.5 Å². The number of hydrogen-bond acceptors (Lipinski definition) is 7. The molecule has 9 nitrogen and oxygen atoms in total. The first-order valence-corrected chi connectivity index (χ1v) is 13.2. The third-order valence-corrected chi connectivity index (χ3v) is 7.11. The van der Waals surface area contributed by atoms with Crippen LogP contribution in [0.5, 0.6) is 11.5 Å². The predicted molar refractivity (Wildman–Crippen MR) is 129 cm³/mol. The molecule has 2 aliphatic heterocycles. The summed E-state index contributed by atoms with van der Waals surface area (Å²) in [6.07, 6.45) is 1.08. The van der Waals surface area contributed by atoms with E-state index < -0.39 is 22.0 Å². The molecule has 0 bridgehead atoms. The maximum atomic E-state index is 12.9. The van der Waals surface area contributed by atoms with Crippen molar-refractivity contribution in [2.45, 2.75) is 26.1 Å². The van der Waals surface area contributed by atoms with Gasteiger partial charge in [0.1, 0.15) is 19.3 Å². The van der Waals surface area contributed by atoms with E-state index >= 15 is 0 Å². The van der Waals surface area contributed by atoms with E-state index in [2.05, 4.69) is 22.3 Å². The largest absolute Gasteiger partial charge is 0.486 e. The van der Waals surface area contributed by atoms with Crippen molar-refractivity contribution in [1.29, 1.82) is 0 Å². The molecule has 2 aromatic carbocycles. The number of hydrogen-bond donors (Lipinski definition) is 1. The van der Waals surface area contributed by atoms with Gasteiger partial charge in [0.25, 0.3) is 0 Å². The normalized spacial score (nSPS) is 17.1. The molecule has 0 radical (unpaired) electrons. The number of fused-ring (bicyclic) bond motifs is 1. The number of anilines is 1. The number of amides is 1. The van der Waals surface area contributed by atoms with E-state index in [1.807, 2.05) is 12.1 Å². The minimum absolute atomic E-state index is 0.305. The van der Waals surface area contributed by atoms with Crippen LogP contribution in [0.25, 0.3) is 0 Å². The highest BCUT2D eigenvalue weighted by molar-refractivity contribution is 7.92. The Morgan fingerprint density at radius 3 is 2.32 bits per heavy atom. The van der Waals surface area contributed by atoms with Crippen molar-refractivity contribution < 1.29 is 27.4 Å². The van der Waals surface area contributed by atoms with Crippen LogP contribution < -0.4 is 19.1 Å². The van der Waals surface area contributed by atoms with E-state index in [9.17, 15) is 13.2 Å². The number of carbonyl (C=O) groups is 1. The van der Waals surface area contributed by atoms with Crippen LogP contribution >= 0.6 is 0 Å². The summed E-state index contributed by atoms with van der Waals surface area (Å²) in [4.78, 5) is 15.3. The van der Waals surface area contributed by atoms with Gasteiger partial charge in [0.05, 0.1) is 25.2 Å². The maximum Gasteiger partial charge on any atom is 0.243 e. The van der Waals surface area contributed by atoms with Crippen molar-refractivity contribution in [3.8, 4) is 11.5 Å². The second-order valence-corrected chi connectivity index (χ2v) is 10.3. The highest BCUT2D eigenvalue weighted by Gasteiger charge is 2.30. The molecule has 0 aromatic heterocycles. The van der Waals surface area contributed by atoms with E-state index in [1.165, 1.54) is 5.56 Å². The highest BCUT2D eigenvalue weighted by atomic mass is 32.2. The number of sulfonamides is 1. The molecule has 1 fully saturated rings. The zero-order chi connectivity index (χ0) is 24.1. The van der Waals surface area contributed by atoms with Gasteiger partial charge in [-0.25, -0.2) is 8.42 Å². The van der Waals surface area contributed by atoms with Gasteiger partial charge in [0.2, 0.25) is 15.9 Å². The summed E-state index contributed by atoms with van der Waals surface area (Å²) in [5.41, 5.74) is 2.49. The fourth-order valence-electron chi connectivity index (χ4n) is 4.09. The average Bonchev–Trinajstić information content (AvgIpc) is 2.83. The summed E-state index contributed by atoms with van der Waals surface area (Å²) in [5, 5.41) is 2.86. The Morgan fingerprint density at radius 1 is 1.00 bits per heavy atom. The van der Waals surface area contributed by atoms with Gasteiger partial charge in [-0.1, -0.05) is 24.3 Å². The van der Waals surface area contributed by atoms with E-state index in [0.717, 1.165) is 49.0 Å². The van der Waals surface area contributed by atoms with Gasteiger partial charge in [-0.15, -0.1) is 0 Å². The van der Waals surface area contributed by atoms with Gasteiger partial charge in [-0.05, 0) is 30.2 Å². The summed E-state index contributed by atoms with van der Waals surface area (Å²) < 4.78 is 42.7. The Morgan fingerprint density at radius 2 is 1.65 bits per heavy atom. The summed E-state index contributed by atoms with van der Waals surface area (Å²) in [7, 11) is -3.73. The Balaban J connectivity index is 1.39. The molecule has 1 atom stereocenters. The topological polar surface area (TPSA) is 97.4 Å². The van der Waals surface area contributed by atoms with E-state index in [-0.39, 0.29) is 0 Å². The predicted octanol–water partition coefficient (Wildman–Crippen LogP) is 1.76. The number of nitrogens with one attached hydrogen (secondary N) is 1. The van der Waals surface area contributed by atoms with Crippen molar-refractivity contribution >= 4 is 21.6 Å². The van der Waals surface area contributed by atoms with E-state index in [0.29, 0.717) is 36.9 Å². The molecule has 2 aromatic rings. The van der Waals surface area contributed by atoms with Crippen LogP contribution in [0.2, 0.25) is 0 Å². The average molecular weight is 490 g/mol. The first-order valence-electron chi connectivity index (χ1n) is 11.4. The van der Waals surface area contributed by atoms with Crippen LogP contribution in [-0.2, 0) is 32.6 Å².